The molecule has 6 heteroatoms. The van der Waals surface area contributed by atoms with Crippen LogP contribution in [0.25, 0.3) is 0 Å². The van der Waals surface area contributed by atoms with Gasteiger partial charge in [0.25, 0.3) is 0 Å². The Hall–Kier alpha value is -2.13. The van der Waals surface area contributed by atoms with Crippen LogP contribution in [0.2, 0.25) is 0 Å². The lowest BCUT2D eigenvalue weighted by Gasteiger charge is -2.34. The number of anilines is 1. The predicted octanol–water partition coefficient (Wildman–Crippen LogP) is 0.732. The van der Waals surface area contributed by atoms with Crippen LogP contribution in [0.15, 0.2) is 6.07 Å². The number of aryl methyl sites for hydroxylation is 2. The van der Waals surface area contributed by atoms with Crippen LogP contribution in [-0.4, -0.2) is 41.9 Å². The lowest BCUT2D eigenvalue weighted by molar-refractivity contribution is -0.141. The topological polar surface area (TPSA) is 86.5 Å². The molecule has 1 aliphatic carbocycles. The third-order valence-corrected chi connectivity index (χ3v) is 3.84. The number of ether oxygens (including phenoxy) is 1. The minimum atomic E-state index is -0.948. The molecule has 0 spiro atoms. The molecule has 1 aromatic rings. The van der Waals surface area contributed by atoms with Crippen molar-refractivity contribution in [3.8, 4) is 6.07 Å². The lowest BCUT2D eigenvalue weighted by Crippen LogP contribution is -2.50. The molecular weight excluding hydrogens is 258 g/mol. The van der Waals surface area contributed by atoms with Crippen molar-refractivity contribution in [2.45, 2.75) is 25.3 Å². The molecule has 2 aliphatic rings. The summed E-state index contributed by atoms with van der Waals surface area (Å²) in [5.74, 6) is -0.459. The van der Waals surface area contributed by atoms with E-state index in [0.29, 0.717) is 24.5 Å². The maximum absolute atomic E-state index is 11.3. The highest BCUT2D eigenvalue weighted by molar-refractivity contribution is 5.79. The SMILES string of the molecule is N#Cc1cc2c(nc1N1CCOCC1C(=O)O)CCC2. The Morgan fingerprint density at radius 3 is 3.15 bits per heavy atom. The van der Waals surface area contributed by atoms with E-state index in [4.69, 9.17) is 4.74 Å². The van der Waals surface area contributed by atoms with E-state index in [1.807, 2.05) is 6.07 Å². The Morgan fingerprint density at radius 2 is 2.40 bits per heavy atom. The van der Waals surface area contributed by atoms with E-state index in [1.165, 1.54) is 0 Å². The van der Waals surface area contributed by atoms with E-state index in [-0.39, 0.29) is 6.61 Å². The number of hydrogen-bond acceptors (Lipinski definition) is 5. The van der Waals surface area contributed by atoms with Gasteiger partial charge >= 0.3 is 5.97 Å². The highest BCUT2D eigenvalue weighted by atomic mass is 16.5. The van der Waals surface area contributed by atoms with Crippen molar-refractivity contribution in [2.24, 2.45) is 0 Å². The second-order valence-corrected chi connectivity index (χ2v) is 5.05. The standard InChI is InChI=1S/C14H15N3O3/c15-7-10-6-9-2-1-3-11(9)16-13(10)17-4-5-20-8-12(17)14(18)19/h6,12H,1-5,8H2,(H,18,19). The van der Waals surface area contributed by atoms with Gasteiger partial charge in [-0.2, -0.15) is 5.26 Å². The summed E-state index contributed by atoms with van der Waals surface area (Å²) in [6.45, 7) is 1.02. The molecule has 104 valence electrons. The van der Waals surface area contributed by atoms with Gasteiger partial charge in [-0.15, -0.1) is 0 Å². The molecule has 0 aromatic carbocycles. The Morgan fingerprint density at radius 1 is 1.55 bits per heavy atom. The molecule has 1 atom stereocenters. The number of fused-ring (bicyclic) bond motifs is 1. The summed E-state index contributed by atoms with van der Waals surface area (Å²) < 4.78 is 5.23. The normalized spacial score (nSPS) is 21.4. The first-order chi connectivity index (χ1) is 9.70. The minimum Gasteiger partial charge on any atom is -0.480 e. The van der Waals surface area contributed by atoms with E-state index in [2.05, 4.69) is 11.1 Å². The van der Waals surface area contributed by atoms with Gasteiger partial charge in [0.1, 0.15) is 11.9 Å². The first-order valence-corrected chi connectivity index (χ1v) is 6.71. The van der Waals surface area contributed by atoms with Crippen LogP contribution >= 0.6 is 0 Å². The fourth-order valence-corrected chi connectivity index (χ4v) is 2.82. The van der Waals surface area contributed by atoms with Gasteiger partial charge in [0, 0.05) is 12.2 Å². The summed E-state index contributed by atoms with van der Waals surface area (Å²) in [6, 6.07) is 3.23. The van der Waals surface area contributed by atoms with Crippen LogP contribution in [0.3, 0.4) is 0 Å². The molecule has 1 unspecified atom stereocenters. The number of hydrogen-bond donors (Lipinski definition) is 1. The molecule has 0 bridgehead atoms. The van der Waals surface area contributed by atoms with Gasteiger partial charge in [-0.05, 0) is 30.9 Å². The second-order valence-electron chi connectivity index (χ2n) is 5.05. The Labute approximate surface area is 116 Å². The molecule has 2 heterocycles. The van der Waals surface area contributed by atoms with Crippen LogP contribution in [0.5, 0.6) is 0 Å². The Bertz CT molecular complexity index is 594. The quantitative estimate of drug-likeness (QED) is 0.855. The number of aliphatic carboxylic acids is 1. The molecule has 1 fully saturated rings. The zero-order valence-electron chi connectivity index (χ0n) is 11.0. The number of aromatic nitrogens is 1. The van der Waals surface area contributed by atoms with Crippen molar-refractivity contribution in [1.82, 2.24) is 4.98 Å². The summed E-state index contributed by atoms with van der Waals surface area (Å²) >= 11 is 0. The molecule has 0 amide bonds. The maximum atomic E-state index is 11.3. The van der Waals surface area contributed by atoms with Crippen molar-refractivity contribution in [3.63, 3.8) is 0 Å². The van der Waals surface area contributed by atoms with Gasteiger partial charge in [-0.3, -0.25) is 0 Å². The van der Waals surface area contributed by atoms with Gasteiger partial charge in [0.15, 0.2) is 6.04 Å². The number of pyridine rings is 1. The summed E-state index contributed by atoms with van der Waals surface area (Å²) in [5.41, 5.74) is 2.57. The van der Waals surface area contributed by atoms with Crippen LogP contribution in [0.1, 0.15) is 23.2 Å². The van der Waals surface area contributed by atoms with Crippen LogP contribution in [-0.2, 0) is 22.4 Å². The third kappa shape index (κ3) is 2.10. The van der Waals surface area contributed by atoms with Gasteiger partial charge in [0.2, 0.25) is 0 Å². The Balaban J connectivity index is 2.04. The summed E-state index contributed by atoms with van der Waals surface area (Å²) in [7, 11) is 0. The van der Waals surface area contributed by atoms with Crippen molar-refractivity contribution in [3.05, 3.63) is 22.9 Å². The van der Waals surface area contributed by atoms with Crippen LogP contribution in [0.4, 0.5) is 5.82 Å². The number of carboxylic acids is 1. The summed E-state index contributed by atoms with van der Waals surface area (Å²) in [4.78, 5) is 17.6. The maximum Gasteiger partial charge on any atom is 0.328 e. The molecule has 1 N–H and O–H groups in total. The van der Waals surface area contributed by atoms with Crippen LogP contribution in [0, 0.1) is 11.3 Å². The van der Waals surface area contributed by atoms with E-state index in [0.717, 1.165) is 30.5 Å². The van der Waals surface area contributed by atoms with Gasteiger partial charge in [0.05, 0.1) is 18.8 Å². The molecule has 1 saturated heterocycles. The number of carbonyl (C=O) groups is 1. The van der Waals surface area contributed by atoms with Crippen molar-refractivity contribution in [1.29, 1.82) is 5.26 Å². The molecule has 0 radical (unpaired) electrons. The zero-order chi connectivity index (χ0) is 14.1. The highest BCUT2D eigenvalue weighted by Gasteiger charge is 2.32. The largest absolute Gasteiger partial charge is 0.480 e. The highest BCUT2D eigenvalue weighted by Crippen LogP contribution is 2.28. The smallest absolute Gasteiger partial charge is 0.328 e. The number of carboxylic acid groups (broad SMARTS) is 1. The Kier molecular flexibility index (Phi) is 3.28. The van der Waals surface area contributed by atoms with Gasteiger partial charge in [-0.1, -0.05) is 0 Å². The third-order valence-electron chi connectivity index (χ3n) is 3.84. The van der Waals surface area contributed by atoms with E-state index in [9.17, 15) is 15.2 Å². The van der Waals surface area contributed by atoms with Crippen molar-refractivity contribution < 1.29 is 14.6 Å². The fourth-order valence-electron chi connectivity index (χ4n) is 2.82. The van der Waals surface area contributed by atoms with Gasteiger partial charge < -0.3 is 14.7 Å². The van der Waals surface area contributed by atoms with E-state index in [1.54, 1.807) is 4.90 Å². The molecule has 1 aromatic heterocycles. The summed E-state index contributed by atoms with van der Waals surface area (Å²) in [6.07, 6.45) is 2.89. The van der Waals surface area contributed by atoms with E-state index < -0.39 is 12.0 Å². The monoisotopic (exact) mass is 273 g/mol. The molecule has 0 saturated carbocycles. The van der Waals surface area contributed by atoms with Gasteiger partial charge in [-0.25, -0.2) is 9.78 Å². The number of nitriles is 1. The van der Waals surface area contributed by atoms with Crippen molar-refractivity contribution in [2.75, 3.05) is 24.7 Å². The molecule has 3 rings (SSSR count). The molecular formula is C14H15N3O3. The molecule has 6 nitrogen and oxygen atoms in total. The average molecular weight is 273 g/mol. The van der Waals surface area contributed by atoms with E-state index >= 15 is 0 Å². The number of rotatable bonds is 2. The number of nitrogens with zero attached hydrogens (tertiary/aromatic N) is 3. The zero-order valence-corrected chi connectivity index (χ0v) is 11.0. The first-order valence-electron chi connectivity index (χ1n) is 6.71. The molecule has 20 heavy (non-hydrogen) atoms. The first kappa shape index (κ1) is 12.9. The molecule has 1 aliphatic heterocycles. The average Bonchev–Trinajstić information content (AvgIpc) is 2.93. The van der Waals surface area contributed by atoms with Crippen LogP contribution < -0.4 is 4.90 Å². The predicted molar refractivity (Wildman–Crippen MR) is 70.6 cm³/mol. The summed E-state index contributed by atoms with van der Waals surface area (Å²) in [5, 5.41) is 18.6. The lowest BCUT2D eigenvalue weighted by atomic mass is 10.1. The fraction of sp³-hybridized carbons (Fsp3) is 0.500. The van der Waals surface area contributed by atoms with Crippen molar-refractivity contribution >= 4 is 11.8 Å². The second kappa shape index (κ2) is 5.10. The number of morpholine rings is 1. The minimum absolute atomic E-state index is 0.124.